The van der Waals surface area contributed by atoms with Crippen molar-refractivity contribution in [3.63, 3.8) is 0 Å². The van der Waals surface area contributed by atoms with Crippen molar-refractivity contribution >= 4 is 5.91 Å². The normalized spacial score (nSPS) is 32.5. The van der Waals surface area contributed by atoms with Gasteiger partial charge in [-0.2, -0.15) is 0 Å². The molecule has 0 spiro atoms. The second-order valence-corrected chi connectivity index (χ2v) is 2.60. The number of halogens is 1. The highest BCUT2D eigenvalue weighted by Crippen LogP contribution is 2.15. The third-order valence-corrected chi connectivity index (χ3v) is 1.72. The molecule has 0 unspecified atom stereocenters. The zero-order valence-corrected chi connectivity index (χ0v) is 5.64. The Balaban J connectivity index is 2.33. The Morgan fingerprint density at radius 2 is 2.40 bits per heavy atom. The van der Waals surface area contributed by atoms with Crippen LogP contribution in [0, 0.1) is 5.92 Å². The number of amides is 1. The lowest BCUT2D eigenvalue weighted by molar-refractivity contribution is -0.119. The molecule has 3 nitrogen and oxygen atoms in total. The summed E-state index contributed by atoms with van der Waals surface area (Å²) in [7, 11) is 0. The van der Waals surface area contributed by atoms with E-state index in [1.807, 2.05) is 0 Å². The van der Waals surface area contributed by atoms with Crippen LogP contribution in [0.5, 0.6) is 0 Å². The summed E-state index contributed by atoms with van der Waals surface area (Å²) in [5.74, 6) is -0.617. The van der Waals surface area contributed by atoms with E-state index in [1.165, 1.54) is 0 Å². The van der Waals surface area contributed by atoms with Gasteiger partial charge in [0.2, 0.25) is 5.91 Å². The number of rotatable bonds is 2. The van der Waals surface area contributed by atoms with Crippen LogP contribution in [0.15, 0.2) is 0 Å². The van der Waals surface area contributed by atoms with Crippen LogP contribution in [0.1, 0.15) is 6.42 Å². The second-order valence-electron chi connectivity index (χ2n) is 2.60. The number of alkyl halides is 1. The summed E-state index contributed by atoms with van der Waals surface area (Å²) in [5, 5.41) is 2.84. The predicted octanol–water partition coefficient (Wildman–Crippen LogP) is -0.581. The molecule has 3 N–H and O–H groups in total. The minimum absolute atomic E-state index is 0.161. The van der Waals surface area contributed by atoms with Gasteiger partial charge in [-0.3, -0.25) is 4.79 Å². The Morgan fingerprint density at radius 3 is 2.80 bits per heavy atom. The van der Waals surface area contributed by atoms with Crippen LogP contribution in [-0.4, -0.2) is 25.2 Å². The summed E-state index contributed by atoms with van der Waals surface area (Å²) in [5.41, 5.74) is 4.90. The van der Waals surface area contributed by atoms with Crippen LogP contribution in [0.4, 0.5) is 4.39 Å². The first-order chi connectivity index (χ1) is 4.70. The molecular weight excluding hydrogens is 135 g/mol. The summed E-state index contributed by atoms with van der Waals surface area (Å²) >= 11 is 0. The SMILES string of the molecule is NC(=O)C[C@H]1CNC[C@H]1F. The summed E-state index contributed by atoms with van der Waals surface area (Å²) < 4.78 is 12.7. The van der Waals surface area contributed by atoms with Gasteiger partial charge in [-0.25, -0.2) is 4.39 Å². The van der Waals surface area contributed by atoms with Crippen LogP contribution < -0.4 is 11.1 Å². The summed E-state index contributed by atoms with van der Waals surface area (Å²) in [6, 6.07) is 0. The van der Waals surface area contributed by atoms with E-state index in [4.69, 9.17) is 5.73 Å². The molecule has 2 atom stereocenters. The highest BCUT2D eigenvalue weighted by Gasteiger charge is 2.27. The molecule has 0 radical (unpaired) electrons. The lowest BCUT2D eigenvalue weighted by atomic mass is 10.0. The number of nitrogens with one attached hydrogen (secondary N) is 1. The quantitative estimate of drug-likeness (QED) is 0.547. The fraction of sp³-hybridized carbons (Fsp3) is 0.833. The maximum atomic E-state index is 12.7. The Labute approximate surface area is 58.8 Å². The van der Waals surface area contributed by atoms with Crippen molar-refractivity contribution < 1.29 is 9.18 Å². The number of hydrogen-bond acceptors (Lipinski definition) is 2. The average molecular weight is 146 g/mol. The fourth-order valence-corrected chi connectivity index (χ4v) is 1.16. The van der Waals surface area contributed by atoms with E-state index >= 15 is 0 Å². The van der Waals surface area contributed by atoms with Gasteiger partial charge in [-0.1, -0.05) is 0 Å². The molecule has 0 aromatic carbocycles. The maximum absolute atomic E-state index is 12.7. The Hall–Kier alpha value is -0.640. The van der Waals surface area contributed by atoms with Crippen molar-refractivity contribution in [2.24, 2.45) is 11.7 Å². The topological polar surface area (TPSA) is 55.1 Å². The molecule has 10 heavy (non-hydrogen) atoms. The largest absolute Gasteiger partial charge is 0.370 e. The molecule has 1 saturated heterocycles. The van der Waals surface area contributed by atoms with Gasteiger partial charge in [-0.05, 0) is 0 Å². The van der Waals surface area contributed by atoms with E-state index in [2.05, 4.69) is 5.32 Å². The number of carbonyl (C=O) groups excluding carboxylic acids is 1. The molecule has 58 valence electrons. The third kappa shape index (κ3) is 1.67. The molecule has 1 aliphatic rings. The van der Waals surface area contributed by atoms with Crippen molar-refractivity contribution in [1.29, 1.82) is 0 Å². The molecule has 1 amide bonds. The Kier molecular flexibility index (Phi) is 2.21. The van der Waals surface area contributed by atoms with Crippen LogP contribution in [0.25, 0.3) is 0 Å². The lowest BCUT2D eigenvalue weighted by Crippen LogP contribution is -2.22. The Bertz CT molecular complexity index is 140. The van der Waals surface area contributed by atoms with Gasteiger partial charge >= 0.3 is 0 Å². The molecule has 1 aliphatic heterocycles. The fourth-order valence-electron chi connectivity index (χ4n) is 1.16. The van der Waals surface area contributed by atoms with Crippen LogP contribution in [0.3, 0.4) is 0 Å². The summed E-state index contributed by atoms with van der Waals surface area (Å²) in [6.07, 6.45) is -0.735. The van der Waals surface area contributed by atoms with E-state index in [9.17, 15) is 9.18 Å². The molecule has 4 heteroatoms. The predicted molar refractivity (Wildman–Crippen MR) is 35.1 cm³/mol. The van der Waals surface area contributed by atoms with Crippen molar-refractivity contribution in [2.75, 3.05) is 13.1 Å². The molecule has 0 saturated carbocycles. The van der Waals surface area contributed by atoms with E-state index in [0.717, 1.165) is 0 Å². The minimum Gasteiger partial charge on any atom is -0.370 e. The molecule has 0 aromatic heterocycles. The summed E-state index contributed by atoms with van der Waals surface area (Å²) in [4.78, 5) is 10.3. The van der Waals surface area contributed by atoms with Gasteiger partial charge in [0.25, 0.3) is 0 Å². The van der Waals surface area contributed by atoms with E-state index in [-0.39, 0.29) is 12.3 Å². The highest BCUT2D eigenvalue weighted by molar-refractivity contribution is 5.74. The van der Waals surface area contributed by atoms with Gasteiger partial charge in [0, 0.05) is 25.4 Å². The third-order valence-electron chi connectivity index (χ3n) is 1.72. The number of carbonyl (C=O) groups is 1. The number of primary amides is 1. The van der Waals surface area contributed by atoms with Gasteiger partial charge in [0.1, 0.15) is 6.17 Å². The first-order valence-electron chi connectivity index (χ1n) is 3.33. The van der Waals surface area contributed by atoms with Crippen LogP contribution in [-0.2, 0) is 4.79 Å². The molecule has 1 rings (SSSR count). The molecule has 0 aliphatic carbocycles. The van der Waals surface area contributed by atoms with Crippen molar-refractivity contribution in [3.8, 4) is 0 Å². The van der Waals surface area contributed by atoms with Crippen LogP contribution in [0.2, 0.25) is 0 Å². The molecule has 0 aromatic rings. The zero-order valence-electron chi connectivity index (χ0n) is 5.64. The Morgan fingerprint density at radius 1 is 1.70 bits per heavy atom. The maximum Gasteiger partial charge on any atom is 0.217 e. The molecule has 1 heterocycles. The van der Waals surface area contributed by atoms with E-state index in [1.54, 1.807) is 0 Å². The van der Waals surface area contributed by atoms with Gasteiger partial charge < -0.3 is 11.1 Å². The lowest BCUT2D eigenvalue weighted by Gasteiger charge is -2.06. The van der Waals surface area contributed by atoms with Gasteiger partial charge in [0.15, 0.2) is 0 Å². The van der Waals surface area contributed by atoms with Crippen molar-refractivity contribution in [3.05, 3.63) is 0 Å². The standard InChI is InChI=1S/C6H11FN2O/c7-5-3-9-2-4(5)1-6(8)10/h4-5,9H,1-3H2,(H2,8,10)/t4-,5+/m0/s1. The minimum atomic E-state index is -0.896. The highest BCUT2D eigenvalue weighted by atomic mass is 19.1. The van der Waals surface area contributed by atoms with Crippen molar-refractivity contribution in [1.82, 2.24) is 5.32 Å². The van der Waals surface area contributed by atoms with Crippen LogP contribution >= 0.6 is 0 Å². The number of nitrogens with two attached hydrogens (primary N) is 1. The second kappa shape index (κ2) is 2.96. The molecule has 1 fully saturated rings. The van der Waals surface area contributed by atoms with E-state index in [0.29, 0.717) is 13.1 Å². The average Bonchev–Trinajstić information content (AvgIpc) is 2.15. The summed E-state index contributed by atoms with van der Waals surface area (Å²) in [6.45, 7) is 0.933. The first kappa shape index (κ1) is 7.47. The monoisotopic (exact) mass is 146 g/mol. The molecular formula is C6H11FN2O. The zero-order chi connectivity index (χ0) is 7.56. The number of hydrogen-bond donors (Lipinski definition) is 2. The van der Waals surface area contributed by atoms with Crippen molar-refractivity contribution in [2.45, 2.75) is 12.6 Å². The first-order valence-corrected chi connectivity index (χ1v) is 3.33. The smallest absolute Gasteiger partial charge is 0.217 e. The van der Waals surface area contributed by atoms with E-state index < -0.39 is 12.1 Å². The van der Waals surface area contributed by atoms with Gasteiger partial charge in [-0.15, -0.1) is 0 Å². The van der Waals surface area contributed by atoms with Gasteiger partial charge in [0.05, 0.1) is 0 Å². The molecule has 0 bridgehead atoms.